The van der Waals surface area contributed by atoms with Gasteiger partial charge in [0.25, 0.3) is 0 Å². The third-order valence-electron chi connectivity index (χ3n) is 3.91. The van der Waals surface area contributed by atoms with E-state index in [9.17, 15) is 5.11 Å². The molecule has 1 aromatic carbocycles. The maximum atomic E-state index is 10.2. The van der Waals surface area contributed by atoms with E-state index in [-0.39, 0.29) is 0 Å². The van der Waals surface area contributed by atoms with Crippen molar-refractivity contribution in [3.63, 3.8) is 0 Å². The number of aryl methyl sites for hydroxylation is 1. The molecular weight excluding hydrogens is 207 g/mol. The first kappa shape index (κ1) is 12.3. The lowest BCUT2D eigenvalue weighted by molar-refractivity contribution is 0.423. The van der Waals surface area contributed by atoms with E-state index in [0.717, 1.165) is 11.0 Å². The zero-order valence-corrected chi connectivity index (χ0v) is 11.2. The lowest BCUT2D eigenvalue weighted by Crippen LogP contribution is -2.15. The van der Waals surface area contributed by atoms with Crippen LogP contribution in [0.2, 0.25) is 0 Å². The zero-order valence-electron chi connectivity index (χ0n) is 11.2. The molecule has 0 amide bonds. The van der Waals surface area contributed by atoms with Gasteiger partial charge in [0.15, 0.2) is 0 Å². The van der Waals surface area contributed by atoms with E-state index >= 15 is 0 Å². The SMILES string of the molecule is Bc1cc(C)c(C2C=C(C)CCC2C)c(O)c1. The molecule has 1 aliphatic carbocycles. The molecule has 90 valence electrons. The maximum absolute atomic E-state index is 10.2. The molecule has 0 fully saturated rings. The van der Waals surface area contributed by atoms with Crippen molar-refractivity contribution in [1.29, 1.82) is 0 Å². The Bertz CT molecular complexity index is 439. The van der Waals surface area contributed by atoms with Crippen molar-refractivity contribution < 1.29 is 5.11 Å². The monoisotopic (exact) mass is 228 g/mol. The average Bonchev–Trinajstić information content (AvgIpc) is 2.21. The Hall–Kier alpha value is -1.18. The number of phenolic OH excluding ortho intramolecular Hbond substituents is 1. The van der Waals surface area contributed by atoms with E-state index in [2.05, 4.69) is 32.9 Å². The second-order valence-electron chi connectivity index (χ2n) is 5.57. The van der Waals surface area contributed by atoms with Crippen LogP contribution in [0, 0.1) is 12.8 Å². The van der Waals surface area contributed by atoms with Crippen molar-refractivity contribution in [2.45, 2.75) is 39.5 Å². The summed E-state index contributed by atoms with van der Waals surface area (Å²) in [5.74, 6) is 1.46. The fourth-order valence-corrected chi connectivity index (χ4v) is 2.95. The lowest BCUT2D eigenvalue weighted by atomic mass is 9.76. The average molecular weight is 228 g/mol. The van der Waals surface area contributed by atoms with Crippen LogP contribution >= 0.6 is 0 Å². The Kier molecular flexibility index (Phi) is 3.32. The highest BCUT2D eigenvalue weighted by molar-refractivity contribution is 6.32. The number of allylic oxidation sites excluding steroid dienone is 2. The van der Waals surface area contributed by atoms with Crippen LogP contribution in [-0.4, -0.2) is 13.0 Å². The molecule has 17 heavy (non-hydrogen) atoms. The number of phenols is 1. The van der Waals surface area contributed by atoms with Gasteiger partial charge in [0, 0.05) is 11.5 Å². The van der Waals surface area contributed by atoms with E-state index in [1.165, 1.54) is 24.0 Å². The molecule has 1 aliphatic rings. The Balaban J connectivity index is 2.49. The lowest BCUT2D eigenvalue weighted by Gasteiger charge is -2.29. The zero-order chi connectivity index (χ0) is 12.6. The maximum Gasteiger partial charge on any atom is 0.139 e. The molecule has 0 spiro atoms. The van der Waals surface area contributed by atoms with Crippen LogP contribution in [0.4, 0.5) is 0 Å². The first-order chi connectivity index (χ1) is 7.99. The molecular formula is C15H21BO. The molecule has 0 saturated heterocycles. The molecule has 0 aliphatic heterocycles. The van der Waals surface area contributed by atoms with Gasteiger partial charge < -0.3 is 5.11 Å². The van der Waals surface area contributed by atoms with Crippen molar-refractivity contribution in [1.82, 2.24) is 0 Å². The van der Waals surface area contributed by atoms with Crippen LogP contribution in [0.15, 0.2) is 23.8 Å². The molecule has 2 unspecified atom stereocenters. The standard InChI is InChI=1S/C15H21BO/c1-9-4-5-10(2)13(6-9)15-11(3)7-12(16)8-14(15)17/h6-8,10,13,17H,4-5,16H2,1-3H3. The summed E-state index contributed by atoms with van der Waals surface area (Å²) in [6.45, 7) is 6.58. The molecule has 0 aromatic heterocycles. The van der Waals surface area contributed by atoms with Crippen molar-refractivity contribution in [3.8, 4) is 5.75 Å². The quantitative estimate of drug-likeness (QED) is 0.578. The molecule has 0 heterocycles. The van der Waals surface area contributed by atoms with Crippen molar-refractivity contribution in [2.24, 2.45) is 5.92 Å². The number of aromatic hydroxyl groups is 1. The van der Waals surface area contributed by atoms with Gasteiger partial charge in [0.05, 0.1) is 0 Å². The van der Waals surface area contributed by atoms with Crippen LogP contribution in [0.5, 0.6) is 5.75 Å². The van der Waals surface area contributed by atoms with Gasteiger partial charge in [-0.05, 0) is 44.2 Å². The van der Waals surface area contributed by atoms with Crippen molar-refractivity contribution >= 4 is 13.3 Å². The number of hydrogen-bond donors (Lipinski definition) is 1. The molecule has 0 saturated carbocycles. The van der Waals surface area contributed by atoms with Crippen LogP contribution in [0.25, 0.3) is 0 Å². The van der Waals surface area contributed by atoms with Gasteiger partial charge in [-0.2, -0.15) is 0 Å². The third-order valence-corrected chi connectivity index (χ3v) is 3.91. The molecule has 1 nitrogen and oxygen atoms in total. The second-order valence-corrected chi connectivity index (χ2v) is 5.57. The number of benzene rings is 1. The molecule has 1 N–H and O–H groups in total. The van der Waals surface area contributed by atoms with Crippen LogP contribution in [-0.2, 0) is 0 Å². The number of hydrogen-bond acceptors (Lipinski definition) is 1. The minimum Gasteiger partial charge on any atom is -0.508 e. The van der Waals surface area contributed by atoms with Gasteiger partial charge >= 0.3 is 0 Å². The molecule has 2 heteroatoms. The van der Waals surface area contributed by atoms with Crippen molar-refractivity contribution in [3.05, 3.63) is 34.9 Å². The van der Waals surface area contributed by atoms with Gasteiger partial charge in [-0.3, -0.25) is 0 Å². The first-order valence-electron chi connectivity index (χ1n) is 6.46. The van der Waals surface area contributed by atoms with Crippen LogP contribution in [0.3, 0.4) is 0 Å². The second kappa shape index (κ2) is 4.60. The highest BCUT2D eigenvalue weighted by Crippen LogP contribution is 2.40. The van der Waals surface area contributed by atoms with E-state index in [4.69, 9.17) is 0 Å². The summed E-state index contributed by atoms with van der Waals surface area (Å²) in [4.78, 5) is 0. The van der Waals surface area contributed by atoms with E-state index in [0.29, 0.717) is 17.6 Å². The topological polar surface area (TPSA) is 20.2 Å². The van der Waals surface area contributed by atoms with Gasteiger partial charge in [0.2, 0.25) is 0 Å². The van der Waals surface area contributed by atoms with E-state index in [1.807, 2.05) is 13.9 Å². The number of rotatable bonds is 1. The summed E-state index contributed by atoms with van der Waals surface area (Å²) >= 11 is 0. The van der Waals surface area contributed by atoms with Gasteiger partial charge in [-0.1, -0.05) is 30.1 Å². The Morgan fingerprint density at radius 1 is 1.29 bits per heavy atom. The summed E-state index contributed by atoms with van der Waals surface area (Å²) in [5, 5.41) is 10.2. The molecule has 0 bridgehead atoms. The van der Waals surface area contributed by atoms with E-state index < -0.39 is 0 Å². The molecule has 2 atom stereocenters. The Morgan fingerprint density at radius 3 is 2.65 bits per heavy atom. The molecule has 1 aromatic rings. The third kappa shape index (κ3) is 2.41. The molecule has 0 radical (unpaired) electrons. The minimum absolute atomic E-state index is 0.379. The fourth-order valence-electron chi connectivity index (χ4n) is 2.95. The van der Waals surface area contributed by atoms with Crippen LogP contribution < -0.4 is 5.46 Å². The molecule has 2 rings (SSSR count). The first-order valence-corrected chi connectivity index (χ1v) is 6.46. The minimum atomic E-state index is 0.379. The van der Waals surface area contributed by atoms with Gasteiger partial charge in [-0.15, -0.1) is 0 Å². The summed E-state index contributed by atoms with van der Waals surface area (Å²) in [6, 6.07) is 4.05. The van der Waals surface area contributed by atoms with E-state index in [1.54, 1.807) is 0 Å². The Labute approximate surface area is 105 Å². The summed E-state index contributed by atoms with van der Waals surface area (Å²) in [5.41, 5.74) is 4.92. The van der Waals surface area contributed by atoms with Crippen molar-refractivity contribution in [2.75, 3.05) is 0 Å². The predicted octanol–water partition coefficient (Wildman–Crippen LogP) is 2.42. The smallest absolute Gasteiger partial charge is 0.139 e. The Morgan fingerprint density at radius 2 is 2.00 bits per heavy atom. The van der Waals surface area contributed by atoms with Crippen LogP contribution in [0.1, 0.15) is 43.7 Å². The highest BCUT2D eigenvalue weighted by atomic mass is 16.3. The largest absolute Gasteiger partial charge is 0.508 e. The fraction of sp³-hybridized carbons (Fsp3) is 0.467. The van der Waals surface area contributed by atoms with Gasteiger partial charge in [0.1, 0.15) is 13.6 Å². The predicted molar refractivity (Wildman–Crippen MR) is 75.9 cm³/mol. The van der Waals surface area contributed by atoms with Gasteiger partial charge in [-0.25, -0.2) is 0 Å². The summed E-state index contributed by atoms with van der Waals surface area (Å²) in [6.07, 6.45) is 4.76. The normalized spacial score (nSPS) is 24.5. The summed E-state index contributed by atoms with van der Waals surface area (Å²) < 4.78 is 0. The summed E-state index contributed by atoms with van der Waals surface area (Å²) in [7, 11) is 2.03. The highest BCUT2D eigenvalue weighted by Gasteiger charge is 2.25.